The number of nitrogens with one attached hydrogen (secondary N) is 3. The zero-order valence-electron chi connectivity index (χ0n) is 12.5. The topological polar surface area (TPSA) is 115 Å². The molecule has 22 heavy (non-hydrogen) atoms. The number of hydrogen-bond acceptors (Lipinski definition) is 4. The Morgan fingerprint density at radius 3 is 2.55 bits per heavy atom. The van der Waals surface area contributed by atoms with E-state index in [0.717, 1.165) is 4.31 Å². The van der Waals surface area contributed by atoms with Crippen LogP contribution in [0.5, 0.6) is 0 Å². The number of hydrogen-bond donors (Lipinski definition) is 3. The molecule has 2 aromatic rings. The van der Waals surface area contributed by atoms with Crippen molar-refractivity contribution in [2.45, 2.75) is 24.8 Å². The summed E-state index contributed by atoms with van der Waals surface area (Å²) in [7, 11) is -2.48. The second-order valence-corrected chi connectivity index (χ2v) is 7.31. The van der Waals surface area contributed by atoms with Crippen LogP contribution in [0.1, 0.15) is 13.8 Å². The first-order valence-electron chi connectivity index (χ1n) is 6.68. The van der Waals surface area contributed by atoms with Crippen molar-refractivity contribution in [2.75, 3.05) is 13.6 Å². The molecule has 0 saturated heterocycles. The van der Waals surface area contributed by atoms with Crippen LogP contribution in [-0.4, -0.2) is 48.2 Å². The van der Waals surface area contributed by atoms with Crippen LogP contribution in [-0.2, 0) is 14.8 Å². The highest BCUT2D eigenvalue weighted by molar-refractivity contribution is 7.89. The minimum atomic E-state index is -3.82. The van der Waals surface area contributed by atoms with Gasteiger partial charge in [0.1, 0.15) is 0 Å². The summed E-state index contributed by atoms with van der Waals surface area (Å²) in [6, 6.07) is 4.18. The van der Waals surface area contributed by atoms with Crippen molar-refractivity contribution in [1.29, 1.82) is 0 Å². The minimum Gasteiger partial charge on any atom is -0.353 e. The number of imidazole rings is 1. The van der Waals surface area contributed by atoms with Crippen LogP contribution in [0.2, 0.25) is 0 Å². The van der Waals surface area contributed by atoms with Crippen LogP contribution in [0.4, 0.5) is 0 Å². The molecule has 0 spiro atoms. The maximum absolute atomic E-state index is 12.4. The Hall–Kier alpha value is -2.13. The number of H-pyrrole nitrogens is 2. The molecule has 0 aliphatic heterocycles. The van der Waals surface area contributed by atoms with Gasteiger partial charge in [0.2, 0.25) is 15.9 Å². The van der Waals surface area contributed by atoms with E-state index in [1.54, 1.807) is 13.8 Å². The maximum Gasteiger partial charge on any atom is 0.323 e. The highest BCUT2D eigenvalue weighted by Crippen LogP contribution is 2.18. The fraction of sp³-hybridized carbons (Fsp3) is 0.385. The Kier molecular flexibility index (Phi) is 4.38. The summed E-state index contributed by atoms with van der Waals surface area (Å²) in [6.45, 7) is 3.31. The van der Waals surface area contributed by atoms with Crippen molar-refractivity contribution >= 4 is 27.0 Å². The lowest BCUT2D eigenvalue weighted by Crippen LogP contribution is -2.40. The van der Waals surface area contributed by atoms with E-state index in [4.69, 9.17) is 0 Å². The fourth-order valence-electron chi connectivity index (χ4n) is 2.01. The third kappa shape index (κ3) is 3.37. The molecule has 8 nitrogen and oxygen atoms in total. The lowest BCUT2D eigenvalue weighted by atomic mass is 10.3. The van der Waals surface area contributed by atoms with Gasteiger partial charge >= 0.3 is 5.69 Å². The predicted octanol–water partition coefficient (Wildman–Crippen LogP) is 0.00130. The number of rotatable bonds is 5. The van der Waals surface area contributed by atoms with E-state index in [1.807, 2.05) is 0 Å². The van der Waals surface area contributed by atoms with Gasteiger partial charge in [0.25, 0.3) is 0 Å². The molecule has 9 heteroatoms. The van der Waals surface area contributed by atoms with Crippen molar-refractivity contribution in [3.63, 3.8) is 0 Å². The summed E-state index contributed by atoms with van der Waals surface area (Å²) < 4.78 is 25.9. The lowest BCUT2D eigenvalue weighted by molar-refractivity contribution is -0.121. The van der Waals surface area contributed by atoms with E-state index in [9.17, 15) is 18.0 Å². The van der Waals surface area contributed by atoms with Gasteiger partial charge in [-0.15, -0.1) is 0 Å². The molecule has 1 aromatic carbocycles. The average Bonchev–Trinajstić information content (AvgIpc) is 2.76. The Morgan fingerprint density at radius 2 is 1.91 bits per heavy atom. The third-order valence-corrected chi connectivity index (χ3v) is 4.81. The molecule has 1 aromatic heterocycles. The van der Waals surface area contributed by atoms with Gasteiger partial charge in [-0.3, -0.25) is 4.79 Å². The van der Waals surface area contributed by atoms with Crippen LogP contribution in [0, 0.1) is 0 Å². The zero-order chi connectivity index (χ0) is 16.5. The van der Waals surface area contributed by atoms with E-state index < -0.39 is 15.7 Å². The van der Waals surface area contributed by atoms with Gasteiger partial charge in [0.05, 0.1) is 22.5 Å². The maximum atomic E-state index is 12.4. The number of aromatic nitrogens is 2. The first-order chi connectivity index (χ1) is 10.2. The molecule has 0 aliphatic carbocycles. The first kappa shape index (κ1) is 16.2. The van der Waals surface area contributed by atoms with Gasteiger partial charge in [-0.05, 0) is 32.0 Å². The number of amides is 1. The Morgan fingerprint density at radius 1 is 1.27 bits per heavy atom. The summed E-state index contributed by atoms with van der Waals surface area (Å²) in [5.41, 5.74) is 0.504. The molecule has 3 N–H and O–H groups in total. The number of benzene rings is 1. The van der Waals surface area contributed by atoms with E-state index >= 15 is 0 Å². The number of carbonyl (C=O) groups excluding carboxylic acids is 1. The van der Waals surface area contributed by atoms with Crippen molar-refractivity contribution < 1.29 is 13.2 Å². The van der Waals surface area contributed by atoms with Gasteiger partial charge in [-0.2, -0.15) is 4.31 Å². The van der Waals surface area contributed by atoms with E-state index in [2.05, 4.69) is 15.3 Å². The van der Waals surface area contributed by atoms with Crippen molar-refractivity contribution in [3.05, 3.63) is 28.7 Å². The molecule has 0 aliphatic rings. The molecule has 0 bridgehead atoms. The standard InChI is InChI=1S/C13H18N4O4S/c1-8(2)14-12(18)7-17(3)22(20,21)9-4-5-10-11(6-9)16-13(19)15-10/h4-6,8H,7H2,1-3H3,(H,14,18)(H2,15,16,19). The van der Waals surface area contributed by atoms with Crippen molar-refractivity contribution in [1.82, 2.24) is 19.6 Å². The van der Waals surface area contributed by atoms with Crippen LogP contribution < -0.4 is 11.0 Å². The quantitative estimate of drug-likeness (QED) is 0.717. The molecule has 0 fully saturated rings. The number of sulfonamides is 1. The molecule has 1 heterocycles. The highest BCUT2D eigenvalue weighted by Gasteiger charge is 2.23. The van der Waals surface area contributed by atoms with Crippen LogP contribution in [0.15, 0.2) is 27.9 Å². The Bertz CT molecular complexity index is 850. The first-order valence-corrected chi connectivity index (χ1v) is 8.12. The van der Waals surface area contributed by atoms with E-state index in [0.29, 0.717) is 11.0 Å². The van der Waals surface area contributed by atoms with E-state index in [1.165, 1.54) is 25.2 Å². The smallest absolute Gasteiger partial charge is 0.323 e. The number of aromatic amines is 2. The second-order valence-electron chi connectivity index (χ2n) is 5.27. The normalized spacial score (nSPS) is 12.2. The number of nitrogens with zero attached hydrogens (tertiary/aromatic N) is 1. The van der Waals surface area contributed by atoms with Crippen molar-refractivity contribution in [2.24, 2.45) is 0 Å². The highest BCUT2D eigenvalue weighted by atomic mass is 32.2. The average molecular weight is 326 g/mol. The van der Waals surface area contributed by atoms with Gasteiger partial charge in [-0.1, -0.05) is 0 Å². The summed E-state index contributed by atoms with van der Waals surface area (Å²) in [4.78, 5) is 27.9. The fourth-order valence-corrected chi connectivity index (χ4v) is 3.16. The largest absolute Gasteiger partial charge is 0.353 e. The van der Waals surface area contributed by atoms with Crippen LogP contribution >= 0.6 is 0 Å². The summed E-state index contributed by atoms with van der Waals surface area (Å²) in [5.74, 6) is -0.378. The molecule has 120 valence electrons. The lowest BCUT2D eigenvalue weighted by Gasteiger charge is -2.17. The summed E-state index contributed by atoms with van der Waals surface area (Å²) in [5, 5.41) is 2.63. The molecule has 0 saturated carbocycles. The molecule has 0 radical (unpaired) electrons. The molecular weight excluding hydrogens is 308 g/mol. The van der Waals surface area contributed by atoms with Crippen LogP contribution in [0.25, 0.3) is 11.0 Å². The van der Waals surface area contributed by atoms with Gasteiger partial charge in [0.15, 0.2) is 0 Å². The van der Waals surface area contributed by atoms with E-state index in [-0.39, 0.29) is 23.4 Å². The summed E-state index contributed by atoms with van der Waals surface area (Å²) in [6.07, 6.45) is 0. The molecule has 2 rings (SSSR count). The Labute approximate surface area is 127 Å². The van der Waals surface area contributed by atoms with Gasteiger partial charge < -0.3 is 15.3 Å². The predicted molar refractivity (Wildman–Crippen MR) is 82.0 cm³/mol. The van der Waals surface area contributed by atoms with Gasteiger partial charge in [0, 0.05) is 13.1 Å². The molecule has 0 unspecified atom stereocenters. The third-order valence-electron chi connectivity index (χ3n) is 3.01. The van der Waals surface area contributed by atoms with Crippen molar-refractivity contribution in [3.8, 4) is 0 Å². The zero-order valence-corrected chi connectivity index (χ0v) is 13.3. The minimum absolute atomic E-state index is 0.00935. The molecule has 0 atom stereocenters. The monoisotopic (exact) mass is 326 g/mol. The molecular formula is C13H18N4O4S. The van der Waals surface area contributed by atoms with Crippen LogP contribution in [0.3, 0.4) is 0 Å². The molecule has 1 amide bonds. The summed E-state index contributed by atoms with van der Waals surface area (Å²) >= 11 is 0. The van der Waals surface area contributed by atoms with Gasteiger partial charge in [-0.25, -0.2) is 13.2 Å². The Balaban J connectivity index is 2.27. The number of fused-ring (bicyclic) bond motifs is 1. The second kappa shape index (κ2) is 5.93. The SMILES string of the molecule is CC(C)NC(=O)CN(C)S(=O)(=O)c1ccc2[nH]c(=O)[nH]c2c1. The number of likely N-dealkylation sites (N-methyl/N-ethyl adjacent to an activating group) is 1. The number of carbonyl (C=O) groups is 1.